The van der Waals surface area contributed by atoms with Crippen molar-refractivity contribution in [2.24, 2.45) is 0 Å². The highest BCUT2D eigenvalue weighted by molar-refractivity contribution is 9.10. The van der Waals surface area contributed by atoms with Crippen molar-refractivity contribution < 1.29 is 0 Å². The molecule has 2 rings (SSSR count). The van der Waals surface area contributed by atoms with Crippen LogP contribution < -0.4 is 11.1 Å². The van der Waals surface area contributed by atoms with E-state index in [1.165, 1.54) is 5.56 Å². The number of halogens is 2. The number of nitrogens with one attached hydrogen (secondary N) is 1. The van der Waals surface area contributed by atoms with Crippen LogP contribution in [0.15, 0.2) is 40.9 Å². The van der Waals surface area contributed by atoms with E-state index >= 15 is 0 Å². The molecule has 0 aliphatic rings. The lowest BCUT2D eigenvalue weighted by atomic mass is 10.1. The summed E-state index contributed by atoms with van der Waals surface area (Å²) in [5, 5.41) is 3.96. The molecule has 0 spiro atoms. The predicted octanol–water partition coefficient (Wildman–Crippen LogP) is 4.99. The Morgan fingerprint density at radius 3 is 2.56 bits per heavy atom. The number of rotatable bonds is 3. The molecule has 0 bridgehead atoms. The summed E-state index contributed by atoms with van der Waals surface area (Å²) in [5.41, 5.74) is 9.50. The number of hydrogen-bond acceptors (Lipinski definition) is 2. The molecule has 94 valence electrons. The molecule has 0 saturated heterocycles. The van der Waals surface area contributed by atoms with Crippen LogP contribution in [0.25, 0.3) is 0 Å². The fourth-order valence-electron chi connectivity index (χ4n) is 1.75. The van der Waals surface area contributed by atoms with Gasteiger partial charge in [0.05, 0.1) is 10.7 Å². The molecule has 0 amide bonds. The largest absolute Gasteiger partial charge is 0.399 e. The Hall–Kier alpha value is -1.19. The summed E-state index contributed by atoms with van der Waals surface area (Å²) in [6.07, 6.45) is 0.953. The Bertz CT molecular complexity index is 570. The minimum Gasteiger partial charge on any atom is -0.399 e. The van der Waals surface area contributed by atoms with Crippen LogP contribution >= 0.6 is 27.5 Å². The van der Waals surface area contributed by atoms with E-state index in [2.05, 4.69) is 34.2 Å². The van der Waals surface area contributed by atoms with E-state index in [4.69, 9.17) is 17.3 Å². The third-order valence-electron chi connectivity index (χ3n) is 2.71. The number of nitrogen functional groups attached to an aromatic ring is 1. The van der Waals surface area contributed by atoms with E-state index in [1.807, 2.05) is 24.3 Å². The zero-order chi connectivity index (χ0) is 13.1. The molecule has 2 nitrogen and oxygen atoms in total. The van der Waals surface area contributed by atoms with Gasteiger partial charge < -0.3 is 11.1 Å². The second-order valence-corrected chi connectivity index (χ2v) is 5.34. The van der Waals surface area contributed by atoms with Gasteiger partial charge in [-0.15, -0.1) is 0 Å². The van der Waals surface area contributed by atoms with Crippen molar-refractivity contribution in [3.63, 3.8) is 0 Å². The first-order valence-corrected chi connectivity index (χ1v) is 6.87. The van der Waals surface area contributed by atoms with Crippen LogP contribution in [0.5, 0.6) is 0 Å². The van der Waals surface area contributed by atoms with Gasteiger partial charge in [-0.1, -0.05) is 34.5 Å². The molecular formula is C14H14BrClN2. The maximum absolute atomic E-state index is 6.15. The Morgan fingerprint density at radius 1 is 1.17 bits per heavy atom. The lowest BCUT2D eigenvalue weighted by Crippen LogP contribution is -1.96. The van der Waals surface area contributed by atoms with Crippen molar-refractivity contribution in [3.8, 4) is 0 Å². The molecule has 2 aromatic carbocycles. The third kappa shape index (κ3) is 2.98. The highest BCUT2D eigenvalue weighted by Gasteiger charge is 2.05. The van der Waals surface area contributed by atoms with E-state index in [-0.39, 0.29) is 0 Å². The van der Waals surface area contributed by atoms with Crippen LogP contribution in [-0.4, -0.2) is 0 Å². The number of nitrogens with two attached hydrogens (primary N) is 1. The average Bonchev–Trinajstić information content (AvgIpc) is 2.34. The van der Waals surface area contributed by atoms with Gasteiger partial charge >= 0.3 is 0 Å². The van der Waals surface area contributed by atoms with Crippen molar-refractivity contribution in [1.82, 2.24) is 0 Å². The van der Waals surface area contributed by atoms with Gasteiger partial charge in [0, 0.05) is 15.8 Å². The monoisotopic (exact) mass is 324 g/mol. The summed E-state index contributed by atoms with van der Waals surface area (Å²) in [6.45, 7) is 2.12. The molecule has 0 radical (unpaired) electrons. The van der Waals surface area contributed by atoms with Gasteiger partial charge in [-0.05, 0) is 48.4 Å². The van der Waals surface area contributed by atoms with Crippen molar-refractivity contribution in [3.05, 3.63) is 51.5 Å². The highest BCUT2D eigenvalue weighted by Crippen LogP contribution is 2.30. The van der Waals surface area contributed by atoms with Gasteiger partial charge in [0.25, 0.3) is 0 Å². The molecule has 0 heterocycles. The minimum atomic E-state index is 0.625. The van der Waals surface area contributed by atoms with Gasteiger partial charge in [-0.25, -0.2) is 0 Å². The second kappa shape index (κ2) is 5.63. The first-order chi connectivity index (χ1) is 8.60. The van der Waals surface area contributed by atoms with E-state index in [9.17, 15) is 0 Å². The number of benzene rings is 2. The quantitative estimate of drug-likeness (QED) is 0.780. The van der Waals surface area contributed by atoms with Gasteiger partial charge in [-0.3, -0.25) is 0 Å². The summed E-state index contributed by atoms with van der Waals surface area (Å²) in [4.78, 5) is 0. The fraction of sp³-hybridized carbons (Fsp3) is 0.143. The Balaban J connectivity index is 2.33. The topological polar surface area (TPSA) is 38.0 Å². The lowest BCUT2D eigenvalue weighted by Gasteiger charge is -2.13. The fourth-order valence-corrected chi connectivity index (χ4v) is 2.40. The Morgan fingerprint density at radius 2 is 1.89 bits per heavy atom. The first kappa shape index (κ1) is 13.2. The second-order valence-electron chi connectivity index (χ2n) is 4.02. The zero-order valence-electron chi connectivity index (χ0n) is 10.0. The van der Waals surface area contributed by atoms with Crippen molar-refractivity contribution in [2.45, 2.75) is 13.3 Å². The molecule has 2 aromatic rings. The van der Waals surface area contributed by atoms with Crippen LogP contribution in [0.2, 0.25) is 5.02 Å². The summed E-state index contributed by atoms with van der Waals surface area (Å²) in [6, 6.07) is 11.6. The Kier molecular flexibility index (Phi) is 4.15. The van der Waals surface area contributed by atoms with Crippen LogP contribution in [0.3, 0.4) is 0 Å². The van der Waals surface area contributed by atoms with Crippen molar-refractivity contribution in [1.29, 1.82) is 0 Å². The maximum Gasteiger partial charge on any atom is 0.0661 e. The third-order valence-corrected chi connectivity index (χ3v) is 3.52. The van der Waals surface area contributed by atoms with Crippen LogP contribution in [0, 0.1) is 0 Å². The number of aryl methyl sites for hydroxylation is 1. The summed E-state index contributed by atoms with van der Waals surface area (Å²) < 4.78 is 1.08. The molecule has 4 heteroatoms. The van der Waals surface area contributed by atoms with E-state index in [1.54, 1.807) is 6.07 Å². The van der Waals surface area contributed by atoms with Crippen LogP contribution in [-0.2, 0) is 6.42 Å². The molecule has 18 heavy (non-hydrogen) atoms. The summed E-state index contributed by atoms with van der Waals surface area (Å²) >= 11 is 9.63. The SMILES string of the molecule is CCc1cc(Br)ccc1Nc1ccc(N)cc1Cl. The van der Waals surface area contributed by atoms with Gasteiger partial charge in [-0.2, -0.15) is 0 Å². The maximum atomic E-state index is 6.15. The van der Waals surface area contributed by atoms with E-state index < -0.39 is 0 Å². The standard InChI is InChI=1S/C14H14BrClN2/c1-2-9-7-10(15)3-5-13(9)18-14-6-4-11(17)8-12(14)16/h3-8,18H,2,17H2,1H3. The molecule has 3 N–H and O–H groups in total. The predicted molar refractivity (Wildman–Crippen MR) is 82.7 cm³/mol. The van der Waals surface area contributed by atoms with E-state index in [0.29, 0.717) is 10.7 Å². The lowest BCUT2D eigenvalue weighted by molar-refractivity contribution is 1.14. The number of hydrogen-bond donors (Lipinski definition) is 2. The summed E-state index contributed by atoms with van der Waals surface area (Å²) in [7, 11) is 0. The van der Waals surface area contributed by atoms with Gasteiger partial charge in [0.2, 0.25) is 0 Å². The molecule has 0 unspecified atom stereocenters. The van der Waals surface area contributed by atoms with Gasteiger partial charge in [0.15, 0.2) is 0 Å². The first-order valence-electron chi connectivity index (χ1n) is 5.70. The molecule has 0 fully saturated rings. The summed E-state index contributed by atoms with van der Waals surface area (Å²) in [5.74, 6) is 0. The normalized spacial score (nSPS) is 10.4. The molecule has 0 atom stereocenters. The van der Waals surface area contributed by atoms with Crippen LogP contribution in [0.1, 0.15) is 12.5 Å². The molecule has 0 aliphatic heterocycles. The molecular weight excluding hydrogens is 312 g/mol. The van der Waals surface area contributed by atoms with Crippen molar-refractivity contribution in [2.75, 3.05) is 11.1 Å². The van der Waals surface area contributed by atoms with Crippen molar-refractivity contribution >= 4 is 44.6 Å². The van der Waals surface area contributed by atoms with Gasteiger partial charge in [0.1, 0.15) is 0 Å². The molecule has 0 aliphatic carbocycles. The minimum absolute atomic E-state index is 0.625. The average molecular weight is 326 g/mol. The number of anilines is 3. The Labute approximate surface area is 120 Å². The molecule has 0 aromatic heterocycles. The van der Waals surface area contributed by atoms with E-state index in [0.717, 1.165) is 22.3 Å². The smallest absolute Gasteiger partial charge is 0.0661 e. The van der Waals surface area contributed by atoms with Crippen LogP contribution in [0.4, 0.5) is 17.1 Å². The zero-order valence-corrected chi connectivity index (χ0v) is 12.3. The highest BCUT2D eigenvalue weighted by atomic mass is 79.9. The molecule has 0 saturated carbocycles.